The molecule has 3 atom stereocenters. The van der Waals surface area contributed by atoms with Crippen LogP contribution in [-0.2, 0) is 34.7 Å². The molecule has 1 saturated heterocycles. The number of halogens is 1. The van der Waals surface area contributed by atoms with Crippen molar-refractivity contribution in [3.05, 3.63) is 69.2 Å². The van der Waals surface area contributed by atoms with Gasteiger partial charge in [-0.3, -0.25) is 0 Å². The molecule has 0 amide bonds. The number of hydrogen-bond donors (Lipinski definition) is 1. The number of aliphatic hydroxyl groups excluding tert-OH is 1. The highest BCUT2D eigenvalue weighted by Crippen LogP contribution is 2.47. The Morgan fingerprint density at radius 3 is 2.58 bits per heavy atom. The van der Waals surface area contributed by atoms with Gasteiger partial charge in [-0.15, -0.1) is 0 Å². The van der Waals surface area contributed by atoms with Gasteiger partial charge in [0.1, 0.15) is 0 Å². The normalized spacial score (nSPS) is 27.7. The van der Waals surface area contributed by atoms with Gasteiger partial charge in [-0.05, 0) is 54.5 Å². The van der Waals surface area contributed by atoms with Crippen LogP contribution in [0, 0.1) is 0 Å². The molecule has 1 spiro atoms. The molecule has 1 fully saturated rings. The number of fused-ring (bicyclic) bond motifs is 2. The first-order valence-corrected chi connectivity index (χ1v) is 9.78. The van der Waals surface area contributed by atoms with Crippen LogP contribution in [0.5, 0.6) is 0 Å². The van der Waals surface area contributed by atoms with Gasteiger partial charge >= 0.3 is 0 Å². The van der Waals surface area contributed by atoms with Crippen molar-refractivity contribution in [1.82, 2.24) is 0 Å². The molecule has 2 aliphatic rings. The molecule has 1 N–H and O–H groups in total. The van der Waals surface area contributed by atoms with Gasteiger partial charge in [0.25, 0.3) is 0 Å². The van der Waals surface area contributed by atoms with E-state index < -0.39 is 11.9 Å². The molecule has 26 heavy (non-hydrogen) atoms. The lowest BCUT2D eigenvalue weighted by Crippen LogP contribution is -2.44. The van der Waals surface area contributed by atoms with E-state index in [-0.39, 0.29) is 6.10 Å². The number of rotatable bonds is 3. The molecule has 0 bridgehead atoms. The zero-order chi connectivity index (χ0) is 18.3. The van der Waals surface area contributed by atoms with Crippen molar-refractivity contribution in [2.24, 2.45) is 0 Å². The van der Waals surface area contributed by atoms with Crippen LogP contribution in [-0.4, -0.2) is 17.3 Å². The Kier molecular flexibility index (Phi) is 4.83. The first kappa shape index (κ1) is 18.0. The lowest BCUT2D eigenvalue weighted by Gasteiger charge is -2.39. The quantitative estimate of drug-likeness (QED) is 0.846. The van der Waals surface area contributed by atoms with Crippen molar-refractivity contribution in [2.45, 2.75) is 64.1 Å². The minimum Gasteiger partial charge on any atom is -0.390 e. The summed E-state index contributed by atoms with van der Waals surface area (Å²) in [6.45, 7) is 4.56. The zero-order valence-electron chi connectivity index (χ0n) is 15.3. The monoisotopic (exact) mass is 372 g/mol. The molecular weight excluding hydrogens is 348 g/mol. The maximum Gasteiger partial charge on any atom is 0.196 e. The van der Waals surface area contributed by atoms with E-state index >= 15 is 0 Å². The number of hydrogen-bond acceptors (Lipinski definition) is 3. The Balaban J connectivity index is 1.67. The highest BCUT2D eigenvalue weighted by atomic mass is 35.5. The lowest BCUT2D eigenvalue weighted by molar-refractivity contribution is -0.298. The molecule has 3 nitrogen and oxygen atoms in total. The molecule has 0 saturated carbocycles. The molecule has 0 aliphatic carbocycles. The minimum atomic E-state index is -0.737. The van der Waals surface area contributed by atoms with Crippen molar-refractivity contribution in [2.75, 3.05) is 0 Å². The van der Waals surface area contributed by atoms with E-state index in [2.05, 4.69) is 31.2 Å². The summed E-state index contributed by atoms with van der Waals surface area (Å²) in [5.41, 5.74) is 5.91. The molecule has 2 aliphatic heterocycles. The summed E-state index contributed by atoms with van der Waals surface area (Å²) >= 11 is 6.56. The Morgan fingerprint density at radius 2 is 1.88 bits per heavy atom. The fourth-order valence-corrected chi connectivity index (χ4v) is 4.30. The van der Waals surface area contributed by atoms with E-state index in [1.807, 2.05) is 19.1 Å². The van der Waals surface area contributed by atoms with Crippen LogP contribution >= 0.6 is 11.6 Å². The van der Waals surface area contributed by atoms with Crippen LogP contribution in [0.3, 0.4) is 0 Å². The third kappa shape index (κ3) is 3.07. The summed E-state index contributed by atoms with van der Waals surface area (Å²) in [6, 6.07) is 12.7. The summed E-state index contributed by atoms with van der Waals surface area (Å²) in [5.74, 6) is -0.737. The SMILES string of the molecule is CCc1ccc(Cc2c(Cl)ccc3c2COC32CCC(O)C(C)O2)cc1. The molecule has 2 aromatic carbocycles. The average molecular weight is 373 g/mol. The standard InChI is InChI=1S/C22H25ClO3/c1-3-15-4-6-16(7-5-15)12-17-18-13-25-22(19(18)8-9-20(17)23)11-10-21(24)14(2)26-22/h4-9,14,21,24H,3,10-13H2,1-2H3. The fourth-order valence-electron chi connectivity index (χ4n) is 4.06. The Bertz CT molecular complexity index is 802. The third-order valence-corrected chi connectivity index (χ3v) is 6.09. The molecule has 3 unspecified atom stereocenters. The van der Waals surface area contributed by atoms with Crippen molar-refractivity contribution in [3.8, 4) is 0 Å². The van der Waals surface area contributed by atoms with Crippen molar-refractivity contribution in [1.29, 1.82) is 0 Å². The Hall–Kier alpha value is -1.39. The van der Waals surface area contributed by atoms with Gasteiger partial charge in [0.05, 0.1) is 18.8 Å². The summed E-state index contributed by atoms with van der Waals surface area (Å²) in [5, 5.41) is 10.8. The van der Waals surface area contributed by atoms with Crippen molar-refractivity contribution >= 4 is 11.6 Å². The molecule has 0 radical (unpaired) electrons. The van der Waals surface area contributed by atoms with Crippen LogP contribution in [0.25, 0.3) is 0 Å². The molecule has 0 aromatic heterocycles. The predicted molar refractivity (Wildman–Crippen MR) is 102 cm³/mol. The highest BCUT2D eigenvalue weighted by molar-refractivity contribution is 6.31. The minimum absolute atomic E-state index is 0.240. The van der Waals surface area contributed by atoms with Gasteiger partial charge in [-0.2, -0.15) is 0 Å². The third-order valence-electron chi connectivity index (χ3n) is 5.73. The van der Waals surface area contributed by atoms with Crippen LogP contribution in [0.1, 0.15) is 54.5 Å². The van der Waals surface area contributed by atoms with Crippen molar-refractivity contribution < 1.29 is 14.6 Å². The van der Waals surface area contributed by atoms with Gasteiger partial charge in [-0.25, -0.2) is 0 Å². The average Bonchev–Trinajstić information content (AvgIpc) is 3.00. The highest BCUT2D eigenvalue weighted by Gasteiger charge is 2.47. The van der Waals surface area contributed by atoms with E-state index in [0.29, 0.717) is 19.4 Å². The van der Waals surface area contributed by atoms with Crippen LogP contribution in [0.4, 0.5) is 0 Å². The second kappa shape index (κ2) is 6.97. The summed E-state index contributed by atoms with van der Waals surface area (Å²) in [4.78, 5) is 0. The molecule has 2 aromatic rings. The number of ether oxygens (including phenoxy) is 2. The molecule has 4 heteroatoms. The molecule has 4 rings (SSSR count). The fraction of sp³-hybridized carbons (Fsp3) is 0.455. The largest absolute Gasteiger partial charge is 0.390 e. The molecular formula is C22H25ClO3. The number of benzene rings is 2. The van der Waals surface area contributed by atoms with Gasteiger partial charge in [-0.1, -0.05) is 48.9 Å². The lowest BCUT2D eigenvalue weighted by atomic mass is 9.89. The van der Waals surface area contributed by atoms with E-state index in [1.54, 1.807) is 0 Å². The van der Waals surface area contributed by atoms with Crippen LogP contribution in [0.2, 0.25) is 5.02 Å². The zero-order valence-corrected chi connectivity index (χ0v) is 16.1. The molecule has 2 heterocycles. The molecule has 138 valence electrons. The maximum atomic E-state index is 10.0. The van der Waals surface area contributed by atoms with Crippen molar-refractivity contribution in [3.63, 3.8) is 0 Å². The van der Waals surface area contributed by atoms with Crippen LogP contribution < -0.4 is 0 Å². The Labute approximate surface area is 159 Å². The van der Waals surface area contributed by atoms with Crippen LogP contribution in [0.15, 0.2) is 36.4 Å². The Morgan fingerprint density at radius 1 is 1.15 bits per heavy atom. The summed E-state index contributed by atoms with van der Waals surface area (Å²) < 4.78 is 12.3. The topological polar surface area (TPSA) is 38.7 Å². The van der Waals surface area contributed by atoms with Gasteiger partial charge in [0, 0.05) is 17.0 Å². The second-order valence-electron chi connectivity index (χ2n) is 7.37. The second-order valence-corrected chi connectivity index (χ2v) is 7.78. The van der Waals surface area contributed by atoms with E-state index in [1.165, 1.54) is 11.1 Å². The first-order chi connectivity index (χ1) is 12.5. The predicted octanol–water partition coefficient (Wildman–Crippen LogP) is 4.74. The smallest absolute Gasteiger partial charge is 0.196 e. The van der Waals surface area contributed by atoms with E-state index in [9.17, 15) is 5.11 Å². The number of aliphatic hydroxyl groups is 1. The number of aryl methyl sites for hydroxylation is 1. The summed E-state index contributed by atoms with van der Waals surface area (Å²) in [7, 11) is 0. The first-order valence-electron chi connectivity index (χ1n) is 9.41. The van der Waals surface area contributed by atoms with E-state index in [4.69, 9.17) is 21.1 Å². The van der Waals surface area contributed by atoms with Gasteiger partial charge in [0.2, 0.25) is 0 Å². The summed E-state index contributed by atoms with van der Waals surface area (Å²) in [6.07, 6.45) is 2.49. The van der Waals surface area contributed by atoms with E-state index in [0.717, 1.165) is 34.6 Å². The van der Waals surface area contributed by atoms with Gasteiger partial charge < -0.3 is 14.6 Å². The maximum absolute atomic E-state index is 10.0. The van der Waals surface area contributed by atoms with Gasteiger partial charge in [0.15, 0.2) is 5.79 Å².